The Balaban J connectivity index is 1.41. The lowest BCUT2D eigenvalue weighted by molar-refractivity contribution is -0.134. The van der Waals surface area contributed by atoms with Gasteiger partial charge in [0, 0.05) is 25.1 Å². The summed E-state index contributed by atoms with van der Waals surface area (Å²) in [6, 6.07) is 16.3. The van der Waals surface area contributed by atoms with Gasteiger partial charge in [-0.1, -0.05) is 18.2 Å². The number of ether oxygens (including phenoxy) is 1. The second-order valence-electron chi connectivity index (χ2n) is 9.38. The number of para-hydroxylation sites is 1. The molecule has 1 saturated heterocycles. The van der Waals surface area contributed by atoms with Crippen LogP contribution >= 0.6 is 0 Å². The number of nitrogens with zero attached hydrogens (tertiary/aromatic N) is 5. The van der Waals surface area contributed by atoms with Crippen LogP contribution in [-0.4, -0.2) is 55.6 Å². The van der Waals surface area contributed by atoms with Crippen molar-refractivity contribution in [2.24, 2.45) is 11.5 Å². The molecule has 3 heterocycles. The van der Waals surface area contributed by atoms with Gasteiger partial charge >= 0.3 is 0 Å². The molecule has 6 N–H and O–H groups in total. The maximum atomic E-state index is 13.0. The van der Waals surface area contributed by atoms with Gasteiger partial charge in [-0.2, -0.15) is 5.10 Å². The molecule has 2 aromatic carbocycles. The molecule has 11 heteroatoms. The largest absolute Gasteiger partial charge is 0.457 e. The number of anilines is 1. The molecular weight excluding hydrogens is 484 g/mol. The van der Waals surface area contributed by atoms with E-state index >= 15 is 0 Å². The Morgan fingerprint density at radius 2 is 1.79 bits per heavy atom. The predicted octanol–water partition coefficient (Wildman–Crippen LogP) is 2.62. The Morgan fingerprint density at radius 3 is 2.53 bits per heavy atom. The number of rotatable bonds is 8. The SMILES string of the molecule is NC(=O)CC[C@H](N)C(=O)N1CCC[C@@H](n2nc(-c3ccc(Oc4ccccc4)cc3)c3c(N)ncnc32)C1. The molecule has 0 saturated carbocycles. The number of primary amides is 1. The van der Waals surface area contributed by atoms with Crippen molar-refractivity contribution < 1.29 is 14.3 Å². The van der Waals surface area contributed by atoms with Crippen LogP contribution in [0.15, 0.2) is 60.9 Å². The topological polar surface area (TPSA) is 168 Å². The van der Waals surface area contributed by atoms with E-state index in [1.165, 1.54) is 6.33 Å². The van der Waals surface area contributed by atoms with Gasteiger partial charge in [0.05, 0.1) is 17.5 Å². The van der Waals surface area contributed by atoms with E-state index in [9.17, 15) is 9.59 Å². The van der Waals surface area contributed by atoms with Gasteiger partial charge in [0.15, 0.2) is 5.65 Å². The Morgan fingerprint density at radius 1 is 1.05 bits per heavy atom. The Kier molecular flexibility index (Phi) is 7.18. The van der Waals surface area contributed by atoms with E-state index in [-0.39, 0.29) is 24.8 Å². The summed E-state index contributed by atoms with van der Waals surface area (Å²) in [6.45, 7) is 1.01. The highest BCUT2D eigenvalue weighted by molar-refractivity contribution is 5.98. The van der Waals surface area contributed by atoms with Gasteiger partial charge in [0.25, 0.3) is 0 Å². The average molecular weight is 515 g/mol. The fourth-order valence-corrected chi connectivity index (χ4v) is 4.77. The van der Waals surface area contributed by atoms with E-state index in [4.69, 9.17) is 27.0 Å². The molecule has 2 atom stereocenters. The molecule has 2 amide bonds. The summed E-state index contributed by atoms with van der Waals surface area (Å²) in [6.07, 6.45) is 3.30. The highest BCUT2D eigenvalue weighted by atomic mass is 16.5. The van der Waals surface area contributed by atoms with Crippen LogP contribution in [-0.2, 0) is 9.59 Å². The molecule has 1 aliphatic rings. The number of fused-ring (bicyclic) bond motifs is 1. The van der Waals surface area contributed by atoms with Gasteiger partial charge < -0.3 is 26.8 Å². The quantitative estimate of drug-likeness (QED) is 0.322. The molecule has 5 rings (SSSR count). The minimum Gasteiger partial charge on any atom is -0.457 e. The maximum Gasteiger partial charge on any atom is 0.239 e. The lowest BCUT2D eigenvalue weighted by atomic mass is 10.0. The molecule has 0 spiro atoms. The van der Waals surface area contributed by atoms with E-state index in [0.29, 0.717) is 41.4 Å². The Hall–Kier alpha value is -4.51. The molecule has 1 fully saturated rings. The first kappa shape index (κ1) is 25.2. The first-order valence-electron chi connectivity index (χ1n) is 12.6. The zero-order chi connectivity index (χ0) is 26.6. The fourth-order valence-electron chi connectivity index (χ4n) is 4.77. The molecule has 0 aliphatic carbocycles. The van der Waals surface area contributed by atoms with Crippen molar-refractivity contribution in [3.8, 4) is 22.8 Å². The summed E-state index contributed by atoms with van der Waals surface area (Å²) in [5.74, 6) is 1.10. The van der Waals surface area contributed by atoms with Crippen LogP contribution in [0.1, 0.15) is 31.7 Å². The number of carbonyl (C=O) groups excluding carboxylic acids is 2. The summed E-state index contributed by atoms with van der Waals surface area (Å²) in [5, 5.41) is 5.58. The third kappa shape index (κ3) is 5.28. The van der Waals surface area contributed by atoms with Crippen molar-refractivity contribution in [3.05, 3.63) is 60.9 Å². The first-order chi connectivity index (χ1) is 18.4. The number of benzene rings is 2. The third-order valence-electron chi connectivity index (χ3n) is 6.70. The molecule has 38 heavy (non-hydrogen) atoms. The lowest BCUT2D eigenvalue weighted by Gasteiger charge is -2.34. The number of hydrogen-bond acceptors (Lipinski definition) is 8. The standard InChI is InChI=1S/C27H30N8O3/c28-21(12-13-22(29)36)27(37)34-14-4-5-18(15-34)35-26-23(25(30)31-16-32-26)24(33-35)17-8-10-20(11-9-17)38-19-6-2-1-3-7-19/h1-3,6-11,16,18,21H,4-5,12-15,28H2,(H2,29,36)(H2,30,31,32)/t18-,21+/m1/s1. The number of carbonyl (C=O) groups is 2. The van der Waals surface area contributed by atoms with Gasteiger partial charge in [-0.3, -0.25) is 9.59 Å². The third-order valence-corrected chi connectivity index (χ3v) is 6.70. The highest BCUT2D eigenvalue weighted by Gasteiger charge is 2.30. The summed E-state index contributed by atoms with van der Waals surface area (Å²) < 4.78 is 7.76. The number of nitrogen functional groups attached to an aromatic ring is 1. The minimum atomic E-state index is -0.777. The van der Waals surface area contributed by atoms with Crippen molar-refractivity contribution >= 4 is 28.7 Å². The number of likely N-dealkylation sites (tertiary alicyclic amines) is 1. The minimum absolute atomic E-state index is 0.0721. The van der Waals surface area contributed by atoms with E-state index in [0.717, 1.165) is 24.2 Å². The van der Waals surface area contributed by atoms with E-state index in [2.05, 4.69) is 9.97 Å². The fraction of sp³-hybridized carbons (Fsp3) is 0.296. The zero-order valence-electron chi connectivity index (χ0n) is 20.9. The number of amides is 2. The zero-order valence-corrected chi connectivity index (χ0v) is 20.9. The molecule has 2 aromatic heterocycles. The normalized spacial score (nSPS) is 16.3. The van der Waals surface area contributed by atoms with Crippen LogP contribution in [0.5, 0.6) is 11.5 Å². The monoisotopic (exact) mass is 514 g/mol. The van der Waals surface area contributed by atoms with Gasteiger partial charge in [-0.15, -0.1) is 0 Å². The van der Waals surface area contributed by atoms with Crippen LogP contribution in [0.25, 0.3) is 22.3 Å². The van der Waals surface area contributed by atoms with Crippen LogP contribution in [0, 0.1) is 0 Å². The number of hydrogen-bond donors (Lipinski definition) is 3. The maximum absolute atomic E-state index is 13.0. The summed E-state index contributed by atoms with van der Waals surface area (Å²) in [7, 11) is 0. The predicted molar refractivity (Wildman–Crippen MR) is 143 cm³/mol. The van der Waals surface area contributed by atoms with E-state index in [1.807, 2.05) is 59.3 Å². The molecule has 11 nitrogen and oxygen atoms in total. The van der Waals surface area contributed by atoms with Gasteiger partial charge in [0.2, 0.25) is 11.8 Å². The Bertz CT molecular complexity index is 1440. The highest BCUT2D eigenvalue weighted by Crippen LogP contribution is 2.35. The molecule has 196 valence electrons. The van der Waals surface area contributed by atoms with Gasteiger partial charge in [-0.25, -0.2) is 14.6 Å². The van der Waals surface area contributed by atoms with Crippen molar-refractivity contribution in [2.45, 2.75) is 37.8 Å². The van der Waals surface area contributed by atoms with Crippen molar-refractivity contribution in [1.29, 1.82) is 0 Å². The van der Waals surface area contributed by atoms with E-state index < -0.39 is 11.9 Å². The molecule has 4 aromatic rings. The van der Waals surface area contributed by atoms with Crippen LogP contribution in [0.4, 0.5) is 5.82 Å². The smallest absolute Gasteiger partial charge is 0.239 e. The van der Waals surface area contributed by atoms with Gasteiger partial charge in [0.1, 0.15) is 29.3 Å². The lowest BCUT2D eigenvalue weighted by Crippen LogP contribution is -2.48. The molecule has 0 bridgehead atoms. The molecule has 0 radical (unpaired) electrons. The van der Waals surface area contributed by atoms with Crippen LogP contribution < -0.4 is 21.9 Å². The van der Waals surface area contributed by atoms with Crippen molar-refractivity contribution in [1.82, 2.24) is 24.6 Å². The Labute approximate surface area is 219 Å². The molecule has 0 unspecified atom stereocenters. The summed E-state index contributed by atoms with van der Waals surface area (Å²) >= 11 is 0. The number of aromatic nitrogens is 4. The van der Waals surface area contributed by atoms with Crippen molar-refractivity contribution in [2.75, 3.05) is 18.8 Å². The van der Waals surface area contributed by atoms with Crippen LogP contribution in [0.2, 0.25) is 0 Å². The number of piperidine rings is 1. The number of nitrogens with two attached hydrogens (primary N) is 3. The summed E-state index contributed by atoms with van der Waals surface area (Å²) in [4.78, 5) is 34.5. The van der Waals surface area contributed by atoms with Gasteiger partial charge in [-0.05, 0) is 55.7 Å². The second kappa shape index (κ2) is 10.9. The first-order valence-corrected chi connectivity index (χ1v) is 12.6. The van der Waals surface area contributed by atoms with E-state index in [1.54, 1.807) is 4.90 Å². The summed E-state index contributed by atoms with van der Waals surface area (Å²) in [5.41, 5.74) is 19.7. The molecule has 1 aliphatic heterocycles. The second-order valence-corrected chi connectivity index (χ2v) is 9.38. The van der Waals surface area contributed by atoms with Crippen LogP contribution in [0.3, 0.4) is 0 Å². The average Bonchev–Trinajstić information content (AvgIpc) is 3.33. The molecular formula is C27H30N8O3. The van der Waals surface area contributed by atoms with Crippen molar-refractivity contribution in [3.63, 3.8) is 0 Å².